The Balaban J connectivity index is 1.65. The maximum atomic E-state index is 12.0. The number of carbonyl (C=O) groups is 2. The van der Waals surface area contributed by atoms with Crippen molar-refractivity contribution >= 4 is 28.9 Å². The minimum atomic E-state index is -0.566. The predicted octanol–water partition coefficient (Wildman–Crippen LogP) is 2.45. The Labute approximate surface area is 122 Å². The van der Waals surface area contributed by atoms with Crippen LogP contribution in [0.4, 0.5) is 17.1 Å². The van der Waals surface area contributed by atoms with Crippen LogP contribution < -0.4 is 16.0 Å². The van der Waals surface area contributed by atoms with E-state index < -0.39 is 6.04 Å². The van der Waals surface area contributed by atoms with Gasteiger partial charge in [0, 0.05) is 5.69 Å². The summed E-state index contributed by atoms with van der Waals surface area (Å²) in [7, 11) is 0. The topological polar surface area (TPSA) is 70.2 Å². The van der Waals surface area contributed by atoms with E-state index in [1.54, 1.807) is 0 Å². The van der Waals surface area contributed by atoms with Crippen molar-refractivity contribution in [1.82, 2.24) is 0 Å². The third-order valence-electron chi connectivity index (χ3n) is 3.28. The molecule has 1 aliphatic heterocycles. The van der Waals surface area contributed by atoms with Gasteiger partial charge in [-0.15, -0.1) is 0 Å². The first-order valence-corrected chi connectivity index (χ1v) is 6.74. The van der Waals surface area contributed by atoms with Gasteiger partial charge in [0.05, 0.1) is 17.8 Å². The lowest BCUT2D eigenvalue weighted by molar-refractivity contribution is -0.122. The van der Waals surface area contributed by atoms with Gasteiger partial charge >= 0.3 is 0 Å². The van der Waals surface area contributed by atoms with Gasteiger partial charge in [0.1, 0.15) is 6.04 Å². The summed E-state index contributed by atoms with van der Waals surface area (Å²) >= 11 is 0. The molecule has 0 radical (unpaired) electrons. The molecule has 2 aromatic carbocycles. The lowest BCUT2D eigenvalue weighted by Gasteiger charge is -2.26. The minimum absolute atomic E-state index is 0.0784. The van der Waals surface area contributed by atoms with Gasteiger partial charge in [0.25, 0.3) is 0 Å². The molecule has 21 heavy (non-hydrogen) atoms. The summed E-state index contributed by atoms with van der Waals surface area (Å²) in [6, 6.07) is 16.0. The molecule has 3 rings (SSSR count). The third-order valence-corrected chi connectivity index (χ3v) is 3.28. The van der Waals surface area contributed by atoms with Gasteiger partial charge in [-0.25, -0.2) is 0 Å². The lowest BCUT2D eigenvalue weighted by atomic mass is 10.1. The third kappa shape index (κ3) is 3.02. The van der Waals surface area contributed by atoms with E-state index in [0.717, 1.165) is 17.1 Å². The summed E-state index contributed by atoms with van der Waals surface area (Å²) in [5, 5.41) is 8.66. The summed E-state index contributed by atoms with van der Waals surface area (Å²) in [5.74, 6) is -0.398. The molecule has 1 heterocycles. The molecule has 1 aliphatic rings. The van der Waals surface area contributed by atoms with Crippen LogP contribution in [0.25, 0.3) is 0 Å². The van der Waals surface area contributed by atoms with Crippen LogP contribution in [0.3, 0.4) is 0 Å². The molecular formula is C16H15N3O2. The zero-order valence-electron chi connectivity index (χ0n) is 11.3. The molecule has 0 aromatic heterocycles. The van der Waals surface area contributed by atoms with Crippen LogP contribution in [0.15, 0.2) is 54.6 Å². The van der Waals surface area contributed by atoms with E-state index in [4.69, 9.17) is 0 Å². The number of nitrogens with one attached hydrogen (secondary N) is 3. The molecule has 2 amide bonds. The van der Waals surface area contributed by atoms with Crippen molar-refractivity contribution in [1.29, 1.82) is 0 Å². The van der Waals surface area contributed by atoms with Crippen LogP contribution in [-0.4, -0.2) is 17.9 Å². The number of fused-ring (bicyclic) bond motifs is 1. The monoisotopic (exact) mass is 281 g/mol. The number of carbonyl (C=O) groups excluding carboxylic acids is 2. The predicted molar refractivity (Wildman–Crippen MR) is 82.2 cm³/mol. The number of anilines is 3. The Hall–Kier alpha value is -2.82. The van der Waals surface area contributed by atoms with Gasteiger partial charge in [-0.1, -0.05) is 30.3 Å². The first kappa shape index (κ1) is 13.2. The number of amides is 2. The molecule has 0 saturated heterocycles. The average Bonchev–Trinajstić information content (AvgIpc) is 2.49. The van der Waals surface area contributed by atoms with Gasteiger partial charge in [0.2, 0.25) is 11.8 Å². The van der Waals surface area contributed by atoms with Gasteiger partial charge in [-0.2, -0.15) is 0 Å². The van der Waals surface area contributed by atoms with E-state index in [2.05, 4.69) is 16.0 Å². The van der Waals surface area contributed by atoms with Crippen LogP contribution >= 0.6 is 0 Å². The molecule has 0 bridgehead atoms. The molecular weight excluding hydrogens is 266 g/mol. The van der Waals surface area contributed by atoms with Gasteiger partial charge < -0.3 is 16.0 Å². The van der Waals surface area contributed by atoms with Crippen molar-refractivity contribution in [2.45, 2.75) is 12.5 Å². The standard InChI is InChI=1S/C16H15N3O2/c20-15(17-11-6-2-1-3-7-11)10-14-16(21)19-13-9-5-4-8-12(13)18-14/h1-9,14,18H,10H2,(H,17,20)(H,19,21)/t14-/m0/s1. The molecule has 1 atom stereocenters. The van der Waals surface area contributed by atoms with Crippen molar-refractivity contribution in [2.75, 3.05) is 16.0 Å². The molecule has 5 nitrogen and oxygen atoms in total. The maximum absolute atomic E-state index is 12.0. The van der Waals surface area contributed by atoms with Crippen LogP contribution in [0.1, 0.15) is 6.42 Å². The Morgan fingerprint density at radius 2 is 1.67 bits per heavy atom. The summed E-state index contributed by atoms with van der Waals surface area (Å²) in [4.78, 5) is 24.0. The Morgan fingerprint density at radius 1 is 1.00 bits per heavy atom. The van der Waals surface area contributed by atoms with E-state index in [1.165, 1.54) is 0 Å². The summed E-state index contributed by atoms with van der Waals surface area (Å²) in [5.41, 5.74) is 2.29. The minimum Gasteiger partial charge on any atom is -0.372 e. The van der Waals surface area contributed by atoms with Gasteiger partial charge in [-0.3, -0.25) is 9.59 Å². The van der Waals surface area contributed by atoms with E-state index in [9.17, 15) is 9.59 Å². The highest BCUT2D eigenvalue weighted by molar-refractivity contribution is 6.06. The lowest BCUT2D eigenvalue weighted by Crippen LogP contribution is -2.41. The normalized spacial score (nSPS) is 16.4. The highest BCUT2D eigenvalue weighted by atomic mass is 16.2. The van der Waals surface area contributed by atoms with Gasteiger partial charge in [-0.05, 0) is 24.3 Å². The number of hydrogen-bond donors (Lipinski definition) is 3. The molecule has 0 unspecified atom stereocenters. The number of para-hydroxylation sites is 3. The summed E-state index contributed by atoms with van der Waals surface area (Å²) in [6.07, 6.45) is 0.0784. The number of rotatable bonds is 3. The van der Waals surface area contributed by atoms with Gasteiger partial charge in [0.15, 0.2) is 0 Å². The first-order valence-electron chi connectivity index (χ1n) is 6.74. The Morgan fingerprint density at radius 3 is 2.43 bits per heavy atom. The molecule has 0 spiro atoms. The maximum Gasteiger partial charge on any atom is 0.247 e. The summed E-state index contributed by atoms with van der Waals surface area (Å²) in [6.45, 7) is 0. The molecule has 2 aromatic rings. The smallest absolute Gasteiger partial charge is 0.247 e. The second-order valence-corrected chi connectivity index (χ2v) is 4.85. The zero-order valence-corrected chi connectivity index (χ0v) is 11.3. The quantitative estimate of drug-likeness (QED) is 0.809. The van der Waals surface area contributed by atoms with E-state index in [1.807, 2.05) is 54.6 Å². The second-order valence-electron chi connectivity index (χ2n) is 4.85. The van der Waals surface area contributed by atoms with Crippen LogP contribution in [0.2, 0.25) is 0 Å². The fourth-order valence-electron chi connectivity index (χ4n) is 2.25. The second kappa shape index (κ2) is 5.66. The molecule has 3 N–H and O–H groups in total. The molecule has 0 fully saturated rings. The highest BCUT2D eigenvalue weighted by Crippen LogP contribution is 2.26. The van der Waals surface area contributed by atoms with Crippen LogP contribution in [-0.2, 0) is 9.59 Å². The van der Waals surface area contributed by atoms with E-state index in [-0.39, 0.29) is 18.2 Å². The van der Waals surface area contributed by atoms with Crippen LogP contribution in [0.5, 0.6) is 0 Å². The SMILES string of the molecule is O=C(C[C@@H]1Nc2ccccc2NC1=O)Nc1ccccc1. The number of benzene rings is 2. The highest BCUT2D eigenvalue weighted by Gasteiger charge is 2.27. The molecule has 0 aliphatic carbocycles. The molecule has 106 valence electrons. The molecule has 5 heteroatoms. The first-order chi connectivity index (χ1) is 10.2. The van der Waals surface area contributed by atoms with Crippen molar-refractivity contribution in [2.24, 2.45) is 0 Å². The fraction of sp³-hybridized carbons (Fsp3) is 0.125. The Bertz CT molecular complexity index is 670. The van der Waals surface area contributed by atoms with Crippen molar-refractivity contribution < 1.29 is 9.59 Å². The fourth-order valence-corrected chi connectivity index (χ4v) is 2.25. The molecule has 0 saturated carbocycles. The zero-order chi connectivity index (χ0) is 14.7. The van der Waals surface area contributed by atoms with Crippen LogP contribution in [0, 0.1) is 0 Å². The Kier molecular flexibility index (Phi) is 3.55. The average molecular weight is 281 g/mol. The summed E-state index contributed by atoms with van der Waals surface area (Å²) < 4.78 is 0. The number of hydrogen-bond acceptors (Lipinski definition) is 3. The van der Waals surface area contributed by atoms with E-state index in [0.29, 0.717) is 0 Å². The van der Waals surface area contributed by atoms with Crippen molar-refractivity contribution in [3.63, 3.8) is 0 Å². The van der Waals surface area contributed by atoms with E-state index >= 15 is 0 Å². The van der Waals surface area contributed by atoms with Crippen molar-refractivity contribution in [3.8, 4) is 0 Å². The van der Waals surface area contributed by atoms with Crippen molar-refractivity contribution in [3.05, 3.63) is 54.6 Å². The largest absolute Gasteiger partial charge is 0.372 e.